The quantitative estimate of drug-likeness (QED) is 0.0447. The minimum absolute atomic E-state index is 0.147. The first-order valence-corrected chi connectivity index (χ1v) is 17.2. The lowest BCUT2D eigenvalue weighted by Crippen LogP contribution is -2.24. The molecular formula is C28H57O6PS. The molecule has 1 N–H and O–H groups in total. The van der Waals surface area contributed by atoms with Gasteiger partial charge in [0.25, 0.3) is 0 Å². The van der Waals surface area contributed by atoms with Gasteiger partial charge in [-0.25, -0.2) is 4.79 Å². The van der Waals surface area contributed by atoms with Crippen molar-refractivity contribution in [2.45, 2.75) is 154 Å². The molecular weight excluding hydrogens is 495 g/mol. The molecule has 0 aromatic rings. The van der Waals surface area contributed by atoms with E-state index in [0.717, 1.165) is 0 Å². The van der Waals surface area contributed by atoms with Crippen LogP contribution in [-0.4, -0.2) is 41.3 Å². The van der Waals surface area contributed by atoms with Gasteiger partial charge in [0.05, 0.1) is 12.7 Å². The largest absolute Gasteiger partial charge is 0.421 e. The van der Waals surface area contributed by atoms with Crippen LogP contribution in [0.2, 0.25) is 0 Å². The molecule has 0 aromatic carbocycles. The van der Waals surface area contributed by atoms with Gasteiger partial charge in [0.1, 0.15) is 0 Å². The molecule has 3 unspecified atom stereocenters. The first-order chi connectivity index (χ1) is 17.6. The number of hydrogen-bond donors (Lipinski definition) is 1. The van der Waals surface area contributed by atoms with E-state index in [1.165, 1.54) is 121 Å². The van der Waals surface area contributed by atoms with Crippen molar-refractivity contribution in [2.75, 3.05) is 19.0 Å². The Morgan fingerprint density at radius 1 is 0.750 bits per heavy atom. The van der Waals surface area contributed by atoms with Crippen LogP contribution in [0.4, 0.5) is 4.79 Å². The molecule has 8 heteroatoms. The molecule has 0 rings (SSSR count). The van der Waals surface area contributed by atoms with Crippen LogP contribution in [-0.2, 0) is 18.7 Å². The van der Waals surface area contributed by atoms with E-state index in [9.17, 15) is 9.36 Å². The summed E-state index contributed by atoms with van der Waals surface area (Å²) in [6.45, 7) is 7.33. The van der Waals surface area contributed by atoms with Crippen LogP contribution < -0.4 is 0 Å². The van der Waals surface area contributed by atoms with Gasteiger partial charge in [-0.05, 0) is 31.9 Å². The zero-order valence-electron chi connectivity index (χ0n) is 23.6. The van der Waals surface area contributed by atoms with Crippen molar-refractivity contribution in [3.05, 3.63) is 0 Å². The fourth-order valence-electron chi connectivity index (χ4n) is 4.28. The first kappa shape index (κ1) is 35.9. The molecule has 0 saturated carbocycles. The van der Waals surface area contributed by atoms with Gasteiger partial charge < -0.3 is 9.26 Å². The van der Waals surface area contributed by atoms with E-state index >= 15 is 0 Å². The molecule has 3 atom stereocenters. The van der Waals surface area contributed by atoms with Crippen LogP contribution in [0.1, 0.15) is 143 Å². The van der Waals surface area contributed by atoms with Gasteiger partial charge in [-0.3, -0.25) is 9.45 Å². The van der Waals surface area contributed by atoms with Crippen LogP contribution in [0.25, 0.3) is 0 Å². The zero-order chi connectivity index (χ0) is 26.7. The monoisotopic (exact) mass is 552 g/mol. The highest BCUT2D eigenvalue weighted by Crippen LogP contribution is 2.27. The number of hydrogen-bond acceptors (Lipinski definition) is 7. The van der Waals surface area contributed by atoms with E-state index in [0.29, 0.717) is 18.3 Å². The van der Waals surface area contributed by atoms with Gasteiger partial charge in [0, 0.05) is 11.9 Å². The van der Waals surface area contributed by atoms with E-state index in [1.54, 1.807) is 0 Å². The van der Waals surface area contributed by atoms with Gasteiger partial charge in [-0.1, -0.05) is 117 Å². The Balaban J connectivity index is 4.13. The summed E-state index contributed by atoms with van der Waals surface area (Å²) < 4.78 is 22.4. The standard InChI is InChI=1S/C28H57O6PS/c1-4-6-8-10-12-13-14-16-18-20-25-36-27(22-19-17-15-11-9-7-5-2)26(3)32-23-21-24-33-35(31)28(29)34-30/h26-27,30,35H,4-25H2,1-3H3. The van der Waals surface area contributed by atoms with Crippen molar-refractivity contribution in [3.8, 4) is 0 Å². The number of carbonyl (C=O) groups is 1. The second-order valence-electron chi connectivity index (χ2n) is 9.95. The molecule has 0 aliphatic heterocycles. The van der Waals surface area contributed by atoms with Gasteiger partial charge >= 0.3 is 13.7 Å². The summed E-state index contributed by atoms with van der Waals surface area (Å²) in [5.74, 6) is 1.19. The maximum Gasteiger partial charge on any atom is 0.421 e. The summed E-state index contributed by atoms with van der Waals surface area (Å²) in [4.78, 5) is 14.4. The lowest BCUT2D eigenvalue weighted by molar-refractivity contribution is -0.168. The summed E-state index contributed by atoms with van der Waals surface area (Å²) in [6.07, 6.45) is 24.8. The summed E-state index contributed by atoms with van der Waals surface area (Å²) >= 11 is 2.06. The number of rotatable bonds is 28. The van der Waals surface area contributed by atoms with Crippen LogP contribution in [0.5, 0.6) is 0 Å². The third kappa shape index (κ3) is 23.1. The number of unbranched alkanes of at least 4 members (excludes halogenated alkanes) is 15. The zero-order valence-corrected chi connectivity index (χ0v) is 25.4. The summed E-state index contributed by atoms with van der Waals surface area (Å²) in [7, 11) is -3.01. The fourth-order valence-corrected chi connectivity index (χ4v) is 6.16. The van der Waals surface area contributed by atoms with Crippen molar-refractivity contribution in [1.29, 1.82) is 0 Å². The average molecular weight is 553 g/mol. The highest BCUT2D eigenvalue weighted by Gasteiger charge is 2.18. The van der Waals surface area contributed by atoms with Crippen LogP contribution >= 0.6 is 19.8 Å². The first-order valence-electron chi connectivity index (χ1n) is 14.8. The van der Waals surface area contributed by atoms with E-state index in [1.807, 2.05) is 0 Å². The smallest absolute Gasteiger partial charge is 0.377 e. The minimum atomic E-state index is -3.01. The molecule has 0 bridgehead atoms. The summed E-state index contributed by atoms with van der Waals surface area (Å²) in [6, 6.07) is 0. The van der Waals surface area contributed by atoms with Gasteiger partial charge in [0.2, 0.25) is 0 Å². The van der Waals surface area contributed by atoms with Crippen LogP contribution in [0, 0.1) is 0 Å². The van der Waals surface area contributed by atoms with Gasteiger partial charge in [0.15, 0.2) is 0 Å². The van der Waals surface area contributed by atoms with Crippen LogP contribution in [0.15, 0.2) is 0 Å². The summed E-state index contributed by atoms with van der Waals surface area (Å²) in [5.41, 5.74) is -1.22. The molecule has 0 aliphatic carbocycles. The second kappa shape index (κ2) is 28.0. The van der Waals surface area contributed by atoms with E-state index in [4.69, 9.17) is 14.5 Å². The molecule has 0 spiro atoms. The topological polar surface area (TPSA) is 82.1 Å². The molecule has 0 fully saturated rings. The highest BCUT2D eigenvalue weighted by molar-refractivity contribution is 7.99. The van der Waals surface area contributed by atoms with Crippen molar-refractivity contribution >= 4 is 25.5 Å². The Morgan fingerprint density at radius 3 is 1.78 bits per heavy atom. The molecule has 216 valence electrons. The van der Waals surface area contributed by atoms with Gasteiger partial charge in [-0.15, -0.1) is 0 Å². The van der Waals surface area contributed by atoms with Crippen LogP contribution in [0.3, 0.4) is 0 Å². The Hall–Kier alpha value is -0.0700. The Kier molecular flexibility index (Phi) is 27.9. The maximum absolute atomic E-state index is 11.4. The molecule has 0 heterocycles. The Morgan fingerprint density at radius 2 is 1.25 bits per heavy atom. The van der Waals surface area contributed by atoms with Gasteiger partial charge in [-0.2, -0.15) is 17.0 Å². The van der Waals surface area contributed by atoms with Crippen molar-refractivity contribution in [1.82, 2.24) is 0 Å². The SMILES string of the molecule is CCCCCCCCCCCCSC(CCCCCCCCC)C(C)OCCCO[PH](=O)C(=O)OO. The lowest BCUT2D eigenvalue weighted by Gasteiger charge is -2.24. The van der Waals surface area contributed by atoms with E-state index in [2.05, 4.69) is 37.4 Å². The third-order valence-electron chi connectivity index (χ3n) is 6.60. The van der Waals surface area contributed by atoms with Crippen molar-refractivity contribution < 1.29 is 28.8 Å². The molecule has 0 aromatic heterocycles. The molecule has 0 radical (unpaired) electrons. The predicted molar refractivity (Wildman–Crippen MR) is 155 cm³/mol. The highest BCUT2D eigenvalue weighted by atomic mass is 32.2. The Bertz CT molecular complexity index is 508. The van der Waals surface area contributed by atoms with Crippen molar-refractivity contribution in [3.63, 3.8) is 0 Å². The molecule has 0 amide bonds. The van der Waals surface area contributed by atoms with E-state index < -0.39 is 13.7 Å². The van der Waals surface area contributed by atoms with E-state index in [-0.39, 0.29) is 12.7 Å². The third-order valence-corrected chi connectivity index (χ3v) is 9.06. The fraction of sp³-hybridized carbons (Fsp3) is 0.964. The minimum Gasteiger partial charge on any atom is -0.377 e. The molecule has 6 nitrogen and oxygen atoms in total. The number of carbonyl (C=O) groups excluding carboxylic acids is 1. The predicted octanol–water partition coefficient (Wildman–Crippen LogP) is 10.0. The summed E-state index contributed by atoms with van der Waals surface area (Å²) in [5, 5.41) is 8.72. The molecule has 0 saturated heterocycles. The lowest BCUT2D eigenvalue weighted by atomic mass is 10.1. The molecule has 0 aliphatic rings. The molecule has 36 heavy (non-hydrogen) atoms. The number of thioether (sulfide) groups is 1. The number of ether oxygens (including phenoxy) is 1. The second-order valence-corrected chi connectivity index (χ2v) is 12.6. The average Bonchev–Trinajstić information content (AvgIpc) is 2.88. The van der Waals surface area contributed by atoms with Crippen molar-refractivity contribution in [2.24, 2.45) is 0 Å². The normalized spacial score (nSPS) is 14.0. The maximum atomic E-state index is 11.4. The Labute approximate surface area is 227 Å².